The first-order valence-corrected chi connectivity index (χ1v) is 5.82. The Balaban J connectivity index is 2.72. The lowest BCUT2D eigenvalue weighted by Gasteiger charge is -2.13. The molecule has 4 nitrogen and oxygen atoms in total. The number of nitrogens with two attached hydrogens (primary N) is 1. The van der Waals surface area contributed by atoms with Crippen LogP contribution in [0.25, 0.3) is 0 Å². The third-order valence-corrected chi connectivity index (χ3v) is 2.63. The number of anilines is 1. The number of hydrogen-bond acceptors (Lipinski definition) is 3. The second-order valence-electron chi connectivity index (χ2n) is 3.90. The second kappa shape index (κ2) is 7.04. The smallest absolute Gasteiger partial charge is 0.241 e. The number of nitrogens with one attached hydrogen (secondary N) is 1. The highest BCUT2D eigenvalue weighted by Gasteiger charge is 2.12. The third kappa shape index (κ3) is 4.17. The fraction of sp³-hybridized carbons (Fsp3) is 0.462. The van der Waals surface area contributed by atoms with Gasteiger partial charge in [-0.15, -0.1) is 0 Å². The minimum absolute atomic E-state index is 0.141. The summed E-state index contributed by atoms with van der Waals surface area (Å²) in [4.78, 5) is 11.7. The van der Waals surface area contributed by atoms with Gasteiger partial charge in [0.05, 0.1) is 12.6 Å². The normalized spacial score (nSPS) is 12.2. The van der Waals surface area contributed by atoms with E-state index in [-0.39, 0.29) is 5.91 Å². The number of ether oxygens (including phenoxy) is 1. The lowest BCUT2D eigenvalue weighted by Crippen LogP contribution is -2.35. The monoisotopic (exact) mass is 236 g/mol. The van der Waals surface area contributed by atoms with Crippen molar-refractivity contribution in [1.82, 2.24) is 0 Å². The predicted molar refractivity (Wildman–Crippen MR) is 68.9 cm³/mol. The lowest BCUT2D eigenvalue weighted by molar-refractivity contribution is -0.117. The quantitative estimate of drug-likeness (QED) is 0.787. The van der Waals surface area contributed by atoms with Gasteiger partial charge >= 0.3 is 0 Å². The number of para-hydroxylation sites is 1. The Hall–Kier alpha value is -1.39. The summed E-state index contributed by atoms with van der Waals surface area (Å²) in [7, 11) is 1.66. The SMILES string of the molecule is CC[C@H](N)C(=O)Nc1ccccc1CCOC. The minimum Gasteiger partial charge on any atom is -0.384 e. The maximum atomic E-state index is 11.7. The van der Waals surface area contributed by atoms with E-state index in [0.717, 1.165) is 17.7 Å². The summed E-state index contributed by atoms with van der Waals surface area (Å²) in [6, 6.07) is 7.24. The average molecular weight is 236 g/mol. The molecule has 0 aliphatic carbocycles. The maximum absolute atomic E-state index is 11.7. The molecule has 3 N–H and O–H groups in total. The largest absolute Gasteiger partial charge is 0.384 e. The van der Waals surface area contributed by atoms with E-state index in [2.05, 4.69) is 5.32 Å². The zero-order valence-electron chi connectivity index (χ0n) is 10.4. The molecule has 0 saturated carbocycles. The number of rotatable bonds is 6. The second-order valence-corrected chi connectivity index (χ2v) is 3.90. The zero-order chi connectivity index (χ0) is 12.7. The van der Waals surface area contributed by atoms with Gasteiger partial charge in [0, 0.05) is 12.8 Å². The first-order valence-electron chi connectivity index (χ1n) is 5.82. The summed E-state index contributed by atoms with van der Waals surface area (Å²) in [5.74, 6) is -0.141. The molecule has 0 aliphatic rings. The minimum atomic E-state index is -0.453. The van der Waals surface area contributed by atoms with Crippen molar-refractivity contribution < 1.29 is 9.53 Å². The predicted octanol–water partition coefficient (Wildman–Crippen LogP) is 1.55. The Morgan fingerprint density at radius 1 is 1.47 bits per heavy atom. The van der Waals surface area contributed by atoms with Crippen LogP contribution in [0.5, 0.6) is 0 Å². The van der Waals surface area contributed by atoms with Gasteiger partial charge in [-0.25, -0.2) is 0 Å². The van der Waals surface area contributed by atoms with Crippen LogP contribution in [0.3, 0.4) is 0 Å². The summed E-state index contributed by atoms with van der Waals surface area (Å²) in [5.41, 5.74) is 7.56. The van der Waals surface area contributed by atoms with Crippen LogP contribution in [0, 0.1) is 0 Å². The van der Waals surface area contributed by atoms with E-state index < -0.39 is 6.04 Å². The van der Waals surface area contributed by atoms with E-state index in [0.29, 0.717) is 13.0 Å². The summed E-state index contributed by atoms with van der Waals surface area (Å²) in [6.07, 6.45) is 1.40. The fourth-order valence-corrected chi connectivity index (χ4v) is 1.48. The highest BCUT2D eigenvalue weighted by Crippen LogP contribution is 2.16. The molecular formula is C13H20N2O2. The van der Waals surface area contributed by atoms with Gasteiger partial charge in [-0.05, 0) is 24.5 Å². The Labute approximate surface area is 102 Å². The molecule has 1 rings (SSSR count). The molecule has 0 aliphatic heterocycles. The highest BCUT2D eigenvalue weighted by molar-refractivity contribution is 5.95. The zero-order valence-corrected chi connectivity index (χ0v) is 10.4. The van der Waals surface area contributed by atoms with Crippen molar-refractivity contribution in [3.63, 3.8) is 0 Å². The molecule has 0 bridgehead atoms. The molecule has 1 amide bonds. The van der Waals surface area contributed by atoms with Crippen molar-refractivity contribution in [3.8, 4) is 0 Å². The number of benzene rings is 1. The van der Waals surface area contributed by atoms with Crippen molar-refractivity contribution in [2.24, 2.45) is 5.73 Å². The maximum Gasteiger partial charge on any atom is 0.241 e. The van der Waals surface area contributed by atoms with Gasteiger partial charge in [-0.3, -0.25) is 4.79 Å². The Kier molecular flexibility index (Phi) is 5.66. The van der Waals surface area contributed by atoms with Crippen molar-refractivity contribution in [2.45, 2.75) is 25.8 Å². The number of carbonyl (C=O) groups excluding carboxylic acids is 1. The van der Waals surface area contributed by atoms with Crippen molar-refractivity contribution >= 4 is 11.6 Å². The summed E-state index contributed by atoms with van der Waals surface area (Å²) in [5, 5.41) is 2.85. The molecular weight excluding hydrogens is 216 g/mol. The van der Waals surface area contributed by atoms with E-state index in [1.54, 1.807) is 7.11 Å². The molecule has 0 fully saturated rings. The van der Waals surface area contributed by atoms with Gasteiger partial charge in [0.15, 0.2) is 0 Å². The van der Waals surface area contributed by atoms with E-state index >= 15 is 0 Å². The number of amides is 1. The van der Waals surface area contributed by atoms with Crippen molar-refractivity contribution in [3.05, 3.63) is 29.8 Å². The number of carbonyl (C=O) groups is 1. The molecule has 0 heterocycles. The third-order valence-electron chi connectivity index (χ3n) is 2.63. The van der Waals surface area contributed by atoms with Gasteiger partial charge < -0.3 is 15.8 Å². The summed E-state index contributed by atoms with van der Waals surface area (Å²) < 4.78 is 5.04. The molecule has 17 heavy (non-hydrogen) atoms. The van der Waals surface area contributed by atoms with Crippen molar-refractivity contribution in [2.75, 3.05) is 19.0 Å². The van der Waals surface area contributed by atoms with Gasteiger partial charge in [0.2, 0.25) is 5.91 Å². The molecule has 0 saturated heterocycles. The Morgan fingerprint density at radius 2 is 2.18 bits per heavy atom. The van der Waals surface area contributed by atoms with E-state index in [4.69, 9.17) is 10.5 Å². The van der Waals surface area contributed by atoms with E-state index in [1.807, 2.05) is 31.2 Å². The van der Waals surface area contributed by atoms with Gasteiger partial charge in [-0.1, -0.05) is 25.1 Å². The number of methoxy groups -OCH3 is 1. The van der Waals surface area contributed by atoms with Crippen molar-refractivity contribution in [1.29, 1.82) is 0 Å². The molecule has 4 heteroatoms. The fourth-order valence-electron chi connectivity index (χ4n) is 1.48. The van der Waals surface area contributed by atoms with Crippen LogP contribution >= 0.6 is 0 Å². The van der Waals surface area contributed by atoms with Gasteiger partial charge in [-0.2, -0.15) is 0 Å². The molecule has 1 aromatic rings. The van der Waals surface area contributed by atoms with Crippen LogP contribution in [0.1, 0.15) is 18.9 Å². The van der Waals surface area contributed by atoms with Crippen LogP contribution < -0.4 is 11.1 Å². The molecule has 0 spiro atoms. The number of hydrogen-bond donors (Lipinski definition) is 2. The van der Waals surface area contributed by atoms with Crippen LogP contribution in [-0.2, 0) is 16.0 Å². The van der Waals surface area contributed by atoms with E-state index in [9.17, 15) is 4.79 Å². The first kappa shape index (κ1) is 13.7. The highest BCUT2D eigenvalue weighted by atomic mass is 16.5. The van der Waals surface area contributed by atoms with E-state index in [1.165, 1.54) is 0 Å². The first-order chi connectivity index (χ1) is 8.19. The molecule has 0 unspecified atom stereocenters. The van der Waals surface area contributed by atoms with Crippen LogP contribution in [-0.4, -0.2) is 25.7 Å². The molecule has 0 radical (unpaired) electrons. The van der Waals surface area contributed by atoms with Crippen LogP contribution in [0.4, 0.5) is 5.69 Å². The molecule has 1 atom stereocenters. The lowest BCUT2D eigenvalue weighted by atomic mass is 10.1. The summed E-state index contributed by atoms with van der Waals surface area (Å²) >= 11 is 0. The Morgan fingerprint density at radius 3 is 2.82 bits per heavy atom. The molecule has 94 valence electrons. The average Bonchev–Trinajstić information content (AvgIpc) is 2.36. The molecule has 1 aromatic carbocycles. The topological polar surface area (TPSA) is 64.4 Å². The molecule has 0 aromatic heterocycles. The van der Waals surface area contributed by atoms with Gasteiger partial charge in [0.1, 0.15) is 0 Å². The van der Waals surface area contributed by atoms with Crippen LogP contribution in [0.15, 0.2) is 24.3 Å². The van der Waals surface area contributed by atoms with Crippen LogP contribution in [0.2, 0.25) is 0 Å². The standard InChI is InChI=1S/C13H20N2O2/c1-3-11(14)13(16)15-12-7-5-4-6-10(12)8-9-17-2/h4-7,11H,3,8-9,14H2,1-2H3,(H,15,16)/t11-/m0/s1. The summed E-state index contributed by atoms with van der Waals surface area (Å²) in [6.45, 7) is 2.52. The van der Waals surface area contributed by atoms with Gasteiger partial charge in [0.25, 0.3) is 0 Å². The Bertz CT molecular complexity index is 366.